The molecule has 0 aliphatic heterocycles. The van der Waals surface area contributed by atoms with E-state index in [2.05, 4.69) is 15.2 Å². The van der Waals surface area contributed by atoms with Crippen molar-refractivity contribution >= 4 is 39.1 Å². The smallest absolute Gasteiger partial charge is 0.273 e. The van der Waals surface area contributed by atoms with Crippen LogP contribution in [-0.2, 0) is 0 Å². The summed E-state index contributed by atoms with van der Waals surface area (Å²) in [6.07, 6.45) is 1.38. The molecule has 0 fully saturated rings. The van der Waals surface area contributed by atoms with Gasteiger partial charge < -0.3 is 0 Å². The number of hydrogen-bond acceptors (Lipinski definition) is 4. The first kappa shape index (κ1) is 10.7. The molecule has 18 heavy (non-hydrogen) atoms. The van der Waals surface area contributed by atoms with Gasteiger partial charge in [-0.2, -0.15) is 0 Å². The van der Waals surface area contributed by atoms with Gasteiger partial charge in [0.2, 0.25) is 0 Å². The zero-order valence-corrected chi connectivity index (χ0v) is 9.49. The summed E-state index contributed by atoms with van der Waals surface area (Å²) in [6, 6.07) is 2.56. The van der Waals surface area contributed by atoms with E-state index in [4.69, 9.17) is 11.6 Å². The minimum absolute atomic E-state index is 0.149. The lowest BCUT2D eigenvalue weighted by Gasteiger charge is -2.00. The van der Waals surface area contributed by atoms with Crippen molar-refractivity contribution in [2.45, 2.75) is 0 Å². The summed E-state index contributed by atoms with van der Waals surface area (Å²) in [6.45, 7) is 0. The van der Waals surface area contributed by atoms with Crippen LogP contribution in [0.4, 0.5) is 5.69 Å². The number of rotatable bonds is 1. The number of benzene rings is 1. The lowest BCUT2D eigenvalue weighted by molar-refractivity contribution is -0.384. The molecule has 2 heterocycles. The number of fused-ring (bicyclic) bond motifs is 3. The highest BCUT2D eigenvalue weighted by Gasteiger charge is 2.15. The van der Waals surface area contributed by atoms with Crippen LogP contribution in [0, 0.1) is 10.1 Å². The molecule has 0 amide bonds. The molecule has 0 bridgehead atoms. The third-order valence-electron chi connectivity index (χ3n) is 2.67. The Hall–Kier alpha value is -2.41. The maximum atomic E-state index is 11.4. The van der Waals surface area contributed by atoms with Crippen LogP contribution in [0.2, 0.25) is 5.02 Å². The Bertz CT molecular complexity index is 851. The maximum Gasteiger partial charge on any atom is 0.273 e. The lowest BCUT2D eigenvalue weighted by atomic mass is 10.1. The molecule has 2 aromatic heterocycles. The molecule has 3 rings (SSSR count). The van der Waals surface area contributed by atoms with Crippen molar-refractivity contribution in [3.63, 3.8) is 0 Å². The lowest BCUT2D eigenvalue weighted by Crippen LogP contribution is -1.97. The van der Waals surface area contributed by atoms with E-state index in [1.165, 1.54) is 18.3 Å². The van der Waals surface area contributed by atoms with E-state index >= 15 is 0 Å². The van der Waals surface area contributed by atoms with Crippen LogP contribution in [0.15, 0.2) is 23.1 Å². The van der Waals surface area contributed by atoms with Gasteiger partial charge in [-0.25, -0.2) is 0 Å². The summed E-state index contributed by atoms with van der Waals surface area (Å²) < 4.78 is 0. The number of pyridine rings is 1. The van der Waals surface area contributed by atoms with Crippen LogP contribution < -0.4 is 5.56 Å². The summed E-state index contributed by atoms with van der Waals surface area (Å²) in [4.78, 5) is 25.7. The topological polar surface area (TPSA) is 105 Å². The van der Waals surface area contributed by atoms with E-state index < -0.39 is 4.92 Å². The van der Waals surface area contributed by atoms with Gasteiger partial charge in [-0.15, -0.1) is 0 Å². The summed E-state index contributed by atoms with van der Waals surface area (Å²) in [5, 5.41) is 16.8. The van der Waals surface area contributed by atoms with Crippen molar-refractivity contribution in [2.24, 2.45) is 0 Å². The highest BCUT2D eigenvalue weighted by molar-refractivity contribution is 6.36. The maximum absolute atomic E-state index is 11.4. The summed E-state index contributed by atoms with van der Waals surface area (Å²) >= 11 is 5.94. The fourth-order valence-electron chi connectivity index (χ4n) is 1.84. The van der Waals surface area contributed by atoms with E-state index in [-0.39, 0.29) is 16.3 Å². The van der Waals surface area contributed by atoms with E-state index in [1.807, 2.05) is 0 Å². The van der Waals surface area contributed by atoms with Crippen LogP contribution in [0.5, 0.6) is 0 Å². The fraction of sp³-hybridized carbons (Fsp3) is 0. The molecule has 0 radical (unpaired) electrons. The number of nitrogens with one attached hydrogen (secondary N) is 2. The first-order valence-electron chi connectivity index (χ1n) is 4.91. The molecular weight excluding hydrogens is 260 g/mol. The summed E-state index contributed by atoms with van der Waals surface area (Å²) in [7, 11) is 0. The molecule has 0 unspecified atom stereocenters. The normalized spacial score (nSPS) is 11.2. The van der Waals surface area contributed by atoms with Crippen molar-refractivity contribution in [3.05, 3.63) is 43.8 Å². The van der Waals surface area contributed by atoms with E-state index in [0.717, 1.165) is 0 Å². The first-order valence-corrected chi connectivity index (χ1v) is 5.29. The molecule has 0 saturated carbocycles. The molecule has 0 spiro atoms. The van der Waals surface area contributed by atoms with Gasteiger partial charge in [-0.3, -0.25) is 30.1 Å². The second kappa shape index (κ2) is 3.54. The number of hydrogen-bond donors (Lipinski definition) is 2. The molecule has 0 saturated heterocycles. The van der Waals surface area contributed by atoms with Crippen molar-refractivity contribution < 1.29 is 4.92 Å². The number of H-pyrrole nitrogens is 2. The Balaban J connectivity index is 2.55. The molecule has 90 valence electrons. The Morgan fingerprint density at radius 2 is 2.06 bits per heavy atom. The van der Waals surface area contributed by atoms with Crippen LogP contribution in [0.1, 0.15) is 0 Å². The van der Waals surface area contributed by atoms with Gasteiger partial charge in [0, 0.05) is 23.7 Å². The Labute approximate surface area is 104 Å². The SMILES string of the molecule is O=c1[nH][nH]c2c1cnc1c(Cl)cc([N+](=O)[O-])cc12. The molecule has 0 aliphatic carbocycles. The Morgan fingerprint density at radius 1 is 1.28 bits per heavy atom. The van der Waals surface area contributed by atoms with E-state index in [1.54, 1.807) is 0 Å². The molecular formula is C10H5ClN4O3. The van der Waals surface area contributed by atoms with Crippen LogP contribution in [0.3, 0.4) is 0 Å². The van der Waals surface area contributed by atoms with Gasteiger partial charge >= 0.3 is 0 Å². The minimum Gasteiger partial charge on any atom is -0.297 e. The quantitative estimate of drug-likeness (QED) is 0.518. The highest BCUT2D eigenvalue weighted by Crippen LogP contribution is 2.30. The van der Waals surface area contributed by atoms with Gasteiger partial charge in [-0.05, 0) is 0 Å². The number of non-ortho nitro benzene ring substituents is 1. The third-order valence-corrected chi connectivity index (χ3v) is 2.95. The Kier molecular flexibility index (Phi) is 2.11. The molecule has 3 aromatic rings. The predicted molar refractivity (Wildman–Crippen MR) is 65.9 cm³/mol. The largest absolute Gasteiger partial charge is 0.297 e. The second-order valence-electron chi connectivity index (χ2n) is 3.71. The molecule has 1 aromatic carbocycles. The summed E-state index contributed by atoms with van der Waals surface area (Å²) in [5.41, 5.74) is 0.381. The van der Waals surface area contributed by atoms with Crippen molar-refractivity contribution in [2.75, 3.05) is 0 Å². The number of aromatic amines is 2. The van der Waals surface area contributed by atoms with Crippen molar-refractivity contribution in [1.82, 2.24) is 15.2 Å². The average molecular weight is 265 g/mol. The Morgan fingerprint density at radius 3 is 2.78 bits per heavy atom. The van der Waals surface area contributed by atoms with Gasteiger partial charge in [0.05, 0.1) is 26.4 Å². The van der Waals surface area contributed by atoms with Gasteiger partial charge in [-0.1, -0.05) is 11.6 Å². The number of nitro benzene ring substituents is 1. The number of aromatic nitrogens is 3. The second-order valence-corrected chi connectivity index (χ2v) is 4.11. The molecule has 2 N–H and O–H groups in total. The molecule has 7 nitrogen and oxygen atoms in total. The number of nitrogens with zero attached hydrogens (tertiary/aromatic N) is 2. The molecule has 8 heteroatoms. The first-order chi connectivity index (χ1) is 8.58. The monoisotopic (exact) mass is 264 g/mol. The van der Waals surface area contributed by atoms with Gasteiger partial charge in [0.1, 0.15) is 0 Å². The van der Waals surface area contributed by atoms with Gasteiger partial charge in [0.15, 0.2) is 0 Å². The standard InChI is InChI=1S/C10H5ClN4O3/c11-7-2-4(15(17)18)1-5-8-6(3-12-9(5)7)10(16)14-13-8/h1-3H,(H2,13,14,16). The number of nitro groups is 1. The average Bonchev–Trinajstić information content (AvgIpc) is 2.71. The predicted octanol–water partition coefficient (Wildman–Crippen LogP) is 1.97. The summed E-state index contributed by atoms with van der Waals surface area (Å²) in [5.74, 6) is 0. The van der Waals surface area contributed by atoms with Crippen LogP contribution in [0.25, 0.3) is 21.8 Å². The zero-order chi connectivity index (χ0) is 12.9. The fourth-order valence-corrected chi connectivity index (χ4v) is 2.11. The zero-order valence-electron chi connectivity index (χ0n) is 8.73. The van der Waals surface area contributed by atoms with Crippen LogP contribution in [-0.4, -0.2) is 20.1 Å². The molecule has 0 atom stereocenters. The number of halogens is 1. The third kappa shape index (κ3) is 1.37. The van der Waals surface area contributed by atoms with Crippen LogP contribution >= 0.6 is 11.6 Å². The van der Waals surface area contributed by atoms with E-state index in [9.17, 15) is 14.9 Å². The van der Waals surface area contributed by atoms with Gasteiger partial charge in [0.25, 0.3) is 11.2 Å². The van der Waals surface area contributed by atoms with Crippen molar-refractivity contribution in [1.29, 1.82) is 0 Å². The van der Waals surface area contributed by atoms with E-state index in [0.29, 0.717) is 21.8 Å². The molecule has 0 aliphatic rings. The minimum atomic E-state index is -0.547. The highest BCUT2D eigenvalue weighted by atomic mass is 35.5. The van der Waals surface area contributed by atoms with Crippen molar-refractivity contribution in [3.8, 4) is 0 Å².